The van der Waals surface area contributed by atoms with Gasteiger partial charge in [0.05, 0.1) is 11.6 Å². The van der Waals surface area contributed by atoms with Gasteiger partial charge in [-0.25, -0.2) is 0 Å². The first-order valence-corrected chi connectivity index (χ1v) is 7.76. The van der Waals surface area contributed by atoms with Gasteiger partial charge in [-0.15, -0.1) is 0 Å². The van der Waals surface area contributed by atoms with E-state index in [4.69, 9.17) is 35.4 Å². The van der Waals surface area contributed by atoms with Crippen molar-refractivity contribution in [2.75, 3.05) is 0 Å². The first-order chi connectivity index (χ1) is 9.99. The number of rotatable bonds is 2. The summed E-state index contributed by atoms with van der Waals surface area (Å²) in [6.07, 6.45) is 0. The summed E-state index contributed by atoms with van der Waals surface area (Å²) in [5.41, 5.74) is 1.92. The van der Waals surface area contributed by atoms with Gasteiger partial charge < -0.3 is 10.6 Å². The van der Waals surface area contributed by atoms with Gasteiger partial charge in [-0.1, -0.05) is 47.5 Å². The van der Waals surface area contributed by atoms with Crippen LogP contribution in [0, 0.1) is 0 Å². The van der Waals surface area contributed by atoms with Crippen LogP contribution in [0.3, 0.4) is 0 Å². The van der Waals surface area contributed by atoms with E-state index in [2.05, 4.69) is 17.6 Å². The Labute approximate surface area is 139 Å². The Morgan fingerprint density at radius 2 is 1.48 bits per heavy atom. The third-order valence-electron chi connectivity index (χ3n) is 3.87. The van der Waals surface area contributed by atoms with Crippen LogP contribution in [0.25, 0.3) is 0 Å². The summed E-state index contributed by atoms with van der Waals surface area (Å²) < 4.78 is 0. The van der Waals surface area contributed by atoms with Gasteiger partial charge in [0.1, 0.15) is 0 Å². The summed E-state index contributed by atoms with van der Waals surface area (Å²) in [7, 11) is 0. The van der Waals surface area contributed by atoms with Crippen molar-refractivity contribution in [1.29, 1.82) is 0 Å². The fourth-order valence-electron chi connectivity index (χ4n) is 2.73. The molecule has 0 spiro atoms. The zero-order valence-corrected chi connectivity index (χ0v) is 13.7. The number of hydrogen-bond donors (Lipinski definition) is 2. The molecule has 0 amide bonds. The van der Waals surface area contributed by atoms with Crippen LogP contribution in [0.15, 0.2) is 48.5 Å². The van der Waals surface area contributed by atoms with Gasteiger partial charge in [0, 0.05) is 10.0 Å². The third kappa shape index (κ3) is 2.73. The largest absolute Gasteiger partial charge is 0.353 e. The Bertz CT molecular complexity index is 670. The van der Waals surface area contributed by atoms with Crippen molar-refractivity contribution >= 4 is 40.5 Å². The molecule has 0 aromatic heterocycles. The van der Waals surface area contributed by atoms with Crippen LogP contribution in [0.1, 0.15) is 24.1 Å². The number of hydrogen-bond acceptors (Lipinski definition) is 1. The molecule has 3 rings (SSSR count). The maximum Gasteiger partial charge on any atom is 0.167 e. The van der Waals surface area contributed by atoms with E-state index in [-0.39, 0.29) is 11.6 Å². The van der Waals surface area contributed by atoms with Gasteiger partial charge in [-0.2, -0.15) is 0 Å². The lowest BCUT2D eigenvalue weighted by molar-refractivity contribution is 0.379. The molecule has 0 bridgehead atoms. The monoisotopic (exact) mass is 336 g/mol. The van der Waals surface area contributed by atoms with Crippen molar-refractivity contribution in [3.05, 3.63) is 69.7 Å². The third-order valence-corrected chi connectivity index (χ3v) is 4.60. The van der Waals surface area contributed by atoms with E-state index >= 15 is 0 Å². The second kappa shape index (κ2) is 5.48. The Hall–Kier alpha value is -1.29. The van der Waals surface area contributed by atoms with Crippen LogP contribution in [0.5, 0.6) is 0 Å². The van der Waals surface area contributed by atoms with Crippen molar-refractivity contribution in [2.24, 2.45) is 0 Å². The fourth-order valence-corrected chi connectivity index (χ4v) is 3.31. The Kier molecular flexibility index (Phi) is 3.82. The maximum atomic E-state index is 5.99. The average molecular weight is 337 g/mol. The van der Waals surface area contributed by atoms with Gasteiger partial charge in [0.25, 0.3) is 0 Å². The van der Waals surface area contributed by atoms with E-state index in [1.165, 1.54) is 0 Å². The average Bonchev–Trinajstić information content (AvgIpc) is 2.76. The van der Waals surface area contributed by atoms with Gasteiger partial charge >= 0.3 is 0 Å². The van der Waals surface area contributed by atoms with E-state index in [1.54, 1.807) is 0 Å². The van der Waals surface area contributed by atoms with Crippen LogP contribution in [0.2, 0.25) is 10.0 Å². The number of thiocarbonyl (C=S) groups is 1. The molecule has 1 unspecified atom stereocenters. The van der Waals surface area contributed by atoms with Crippen molar-refractivity contribution in [1.82, 2.24) is 10.6 Å². The highest BCUT2D eigenvalue weighted by atomic mass is 35.5. The SMILES string of the molecule is CC1(c2ccc(Cl)cc2)NC(=S)N[C@@H]1c1ccc(Cl)cc1. The summed E-state index contributed by atoms with van der Waals surface area (Å²) in [6, 6.07) is 15.7. The van der Waals surface area contributed by atoms with Crippen LogP contribution < -0.4 is 10.6 Å². The lowest BCUT2D eigenvalue weighted by Gasteiger charge is -2.31. The topological polar surface area (TPSA) is 24.1 Å². The molecule has 2 N–H and O–H groups in total. The lowest BCUT2D eigenvalue weighted by Crippen LogP contribution is -2.39. The first kappa shape index (κ1) is 14.6. The predicted octanol–water partition coefficient (Wildman–Crippen LogP) is 4.43. The van der Waals surface area contributed by atoms with E-state index in [0.717, 1.165) is 21.2 Å². The Morgan fingerprint density at radius 3 is 2.05 bits per heavy atom. The molecule has 0 saturated carbocycles. The molecule has 21 heavy (non-hydrogen) atoms. The second-order valence-corrected chi connectivity index (χ2v) is 6.57. The van der Waals surface area contributed by atoms with Crippen molar-refractivity contribution in [3.63, 3.8) is 0 Å². The zero-order chi connectivity index (χ0) is 15.0. The lowest BCUT2D eigenvalue weighted by atomic mass is 9.82. The summed E-state index contributed by atoms with van der Waals surface area (Å²) >= 11 is 17.3. The summed E-state index contributed by atoms with van der Waals surface area (Å²) in [5.74, 6) is 0. The molecule has 2 atom stereocenters. The molecule has 2 aromatic carbocycles. The maximum absolute atomic E-state index is 5.99. The molecule has 1 aliphatic rings. The molecule has 0 radical (unpaired) electrons. The van der Waals surface area contributed by atoms with Crippen LogP contribution in [-0.2, 0) is 5.54 Å². The fraction of sp³-hybridized carbons (Fsp3) is 0.188. The molecule has 5 heteroatoms. The Morgan fingerprint density at radius 1 is 0.952 bits per heavy atom. The molecule has 0 aliphatic carbocycles. The smallest absolute Gasteiger partial charge is 0.167 e. The van der Waals surface area contributed by atoms with E-state index in [0.29, 0.717) is 5.11 Å². The van der Waals surface area contributed by atoms with E-state index in [9.17, 15) is 0 Å². The van der Waals surface area contributed by atoms with Gasteiger partial charge in [0.15, 0.2) is 5.11 Å². The highest BCUT2D eigenvalue weighted by Crippen LogP contribution is 2.38. The minimum atomic E-state index is -0.338. The van der Waals surface area contributed by atoms with Crippen LogP contribution in [0.4, 0.5) is 0 Å². The minimum absolute atomic E-state index is 0.0310. The van der Waals surface area contributed by atoms with E-state index in [1.807, 2.05) is 48.5 Å². The first-order valence-electron chi connectivity index (χ1n) is 6.59. The summed E-state index contributed by atoms with van der Waals surface area (Å²) in [6.45, 7) is 2.13. The molecule has 1 fully saturated rings. The molecule has 2 aromatic rings. The summed E-state index contributed by atoms with van der Waals surface area (Å²) in [5, 5.41) is 8.80. The molecular weight excluding hydrogens is 323 g/mol. The zero-order valence-electron chi connectivity index (χ0n) is 11.4. The van der Waals surface area contributed by atoms with Gasteiger partial charge in [-0.05, 0) is 54.5 Å². The van der Waals surface area contributed by atoms with Crippen molar-refractivity contribution < 1.29 is 0 Å². The molecule has 2 nitrogen and oxygen atoms in total. The van der Waals surface area contributed by atoms with Gasteiger partial charge in [0.2, 0.25) is 0 Å². The standard InChI is InChI=1S/C16H14Cl2N2S/c1-16(11-4-8-13(18)9-5-11)14(19-15(21)20-16)10-2-6-12(17)7-3-10/h2-9,14H,1H3,(H2,19,20,21)/t14-,16?/m1/s1. The molecule has 108 valence electrons. The molecule has 1 saturated heterocycles. The van der Waals surface area contributed by atoms with E-state index < -0.39 is 0 Å². The molecule has 1 heterocycles. The second-order valence-electron chi connectivity index (χ2n) is 5.29. The minimum Gasteiger partial charge on any atom is -0.353 e. The normalized spacial score (nSPS) is 24.5. The highest BCUT2D eigenvalue weighted by Gasteiger charge is 2.43. The molecular formula is C16H14Cl2N2S. The number of halogens is 2. The van der Waals surface area contributed by atoms with Crippen molar-refractivity contribution in [3.8, 4) is 0 Å². The quantitative estimate of drug-likeness (QED) is 0.793. The predicted molar refractivity (Wildman–Crippen MR) is 91.9 cm³/mol. The molecule has 1 aliphatic heterocycles. The van der Waals surface area contributed by atoms with Crippen LogP contribution in [-0.4, -0.2) is 5.11 Å². The Balaban J connectivity index is 2.04. The number of nitrogens with one attached hydrogen (secondary N) is 2. The number of benzene rings is 2. The van der Waals surface area contributed by atoms with Gasteiger partial charge in [-0.3, -0.25) is 0 Å². The van der Waals surface area contributed by atoms with Crippen molar-refractivity contribution in [2.45, 2.75) is 18.5 Å². The summed E-state index contributed by atoms with van der Waals surface area (Å²) in [4.78, 5) is 0. The highest BCUT2D eigenvalue weighted by molar-refractivity contribution is 7.80. The van der Waals surface area contributed by atoms with Crippen LogP contribution >= 0.6 is 35.4 Å².